The van der Waals surface area contributed by atoms with Gasteiger partial charge in [0.1, 0.15) is 12.4 Å². The minimum absolute atomic E-state index is 0.000189. The van der Waals surface area contributed by atoms with Crippen LogP contribution in [0.3, 0.4) is 0 Å². The number of para-hydroxylation sites is 2. The van der Waals surface area contributed by atoms with Crippen molar-refractivity contribution in [3.05, 3.63) is 97.1 Å². The zero-order valence-electron chi connectivity index (χ0n) is 18.2. The van der Waals surface area contributed by atoms with Crippen LogP contribution in [0.25, 0.3) is 21.8 Å². The third-order valence-electron chi connectivity index (χ3n) is 5.83. The van der Waals surface area contributed by atoms with Crippen molar-refractivity contribution in [1.29, 1.82) is 0 Å². The van der Waals surface area contributed by atoms with Gasteiger partial charge in [0.25, 0.3) is 0 Å². The van der Waals surface area contributed by atoms with Crippen LogP contribution in [-0.2, 0) is 27.7 Å². The van der Waals surface area contributed by atoms with Crippen molar-refractivity contribution in [2.24, 2.45) is 0 Å². The summed E-state index contributed by atoms with van der Waals surface area (Å²) in [4.78, 5) is 12.8. The molecular weight excluding hydrogens is 453 g/mol. The molecule has 0 unspecified atom stereocenters. The smallest absolute Gasteiger partial charge is 0.240 e. The van der Waals surface area contributed by atoms with Crippen LogP contribution in [-0.4, -0.2) is 30.0 Å². The molecule has 172 valence electrons. The quantitative estimate of drug-likeness (QED) is 0.355. The molecule has 0 fully saturated rings. The molecule has 34 heavy (non-hydrogen) atoms. The largest absolute Gasteiger partial charge is 0.353 e. The maximum atomic E-state index is 13.3. The summed E-state index contributed by atoms with van der Waals surface area (Å²) in [6.45, 7) is 1.04. The molecule has 2 heterocycles. The van der Waals surface area contributed by atoms with Gasteiger partial charge >= 0.3 is 0 Å². The average molecular weight is 476 g/mol. The first-order valence-electron chi connectivity index (χ1n) is 10.8. The predicted octanol–water partition coefficient (Wildman–Crippen LogP) is 4.38. The van der Waals surface area contributed by atoms with Gasteiger partial charge in [0.15, 0.2) is 0 Å². The Morgan fingerprint density at radius 2 is 1.56 bits per heavy atom. The molecule has 0 aliphatic heterocycles. The van der Waals surface area contributed by atoms with E-state index in [2.05, 4.69) is 9.88 Å². The van der Waals surface area contributed by atoms with E-state index in [9.17, 15) is 17.6 Å². The van der Waals surface area contributed by atoms with Gasteiger partial charge in [-0.1, -0.05) is 36.4 Å². The molecule has 0 atom stereocenters. The Morgan fingerprint density at radius 3 is 2.35 bits per heavy atom. The number of nitrogens with one attached hydrogen (secondary N) is 1. The van der Waals surface area contributed by atoms with Gasteiger partial charge in [-0.2, -0.15) is 0 Å². The monoisotopic (exact) mass is 475 g/mol. The number of halogens is 1. The molecule has 6 nitrogen and oxygen atoms in total. The van der Waals surface area contributed by atoms with Gasteiger partial charge in [0.05, 0.1) is 9.79 Å². The lowest BCUT2D eigenvalue weighted by Gasteiger charge is -2.09. The third-order valence-corrected chi connectivity index (χ3v) is 7.63. The summed E-state index contributed by atoms with van der Waals surface area (Å²) in [6.07, 6.45) is 3.46. The van der Waals surface area contributed by atoms with Crippen molar-refractivity contribution in [3.8, 4) is 0 Å². The van der Waals surface area contributed by atoms with Crippen LogP contribution in [0.2, 0.25) is 0 Å². The van der Waals surface area contributed by atoms with Gasteiger partial charge in [-0.25, -0.2) is 12.8 Å². The Labute approximate surface area is 196 Å². The van der Waals surface area contributed by atoms with E-state index in [-0.39, 0.29) is 22.2 Å². The molecular formula is C26H22FN3O3S. The molecule has 0 spiro atoms. The van der Waals surface area contributed by atoms with E-state index in [4.69, 9.17) is 0 Å². The molecule has 0 bridgehead atoms. The second-order valence-electron chi connectivity index (χ2n) is 8.01. The summed E-state index contributed by atoms with van der Waals surface area (Å²) < 4.78 is 43.5. The Hall–Kier alpha value is -3.91. The van der Waals surface area contributed by atoms with Gasteiger partial charge in [-0.3, -0.25) is 4.79 Å². The summed E-state index contributed by atoms with van der Waals surface area (Å²) in [6, 6.07) is 21.8. The van der Waals surface area contributed by atoms with Crippen molar-refractivity contribution in [2.75, 3.05) is 6.54 Å². The molecule has 2 aromatic heterocycles. The summed E-state index contributed by atoms with van der Waals surface area (Å²) in [5.41, 5.74) is 1.73. The number of rotatable bonds is 7. The van der Waals surface area contributed by atoms with Gasteiger partial charge in [0.2, 0.25) is 15.7 Å². The van der Waals surface area contributed by atoms with E-state index in [0.717, 1.165) is 23.0 Å². The summed E-state index contributed by atoms with van der Waals surface area (Å²) in [5, 5.41) is 4.57. The highest BCUT2D eigenvalue weighted by Gasteiger charge is 2.24. The fourth-order valence-electron chi connectivity index (χ4n) is 4.16. The van der Waals surface area contributed by atoms with Crippen LogP contribution in [0.15, 0.2) is 101 Å². The SMILES string of the molecule is O=C(Cn1cc(S(=O)(=O)c2ccc(F)cc2)c2ccccc21)NCCn1ccc2ccccc21. The molecule has 8 heteroatoms. The topological polar surface area (TPSA) is 73.1 Å². The van der Waals surface area contributed by atoms with Gasteiger partial charge in [-0.15, -0.1) is 0 Å². The predicted molar refractivity (Wildman–Crippen MR) is 129 cm³/mol. The molecule has 1 N–H and O–H groups in total. The number of hydrogen-bond acceptors (Lipinski definition) is 3. The number of fused-ring (bicyclic) bond motifs is 2. The van der Waals surface area contributed by atoms with Gasteiger partial charge in [0, 0.05) is 41.9 Å². The lowest BCUT2D eigenvalue weighted by atomic mass is 10.2. The van der Waals surface area contributed by atoms with Crippen molar-refractivity contribution in [3.63, 3.8) is 0 Å². The molecule has 0 aliphatic rings. The highest BCUT2D eigenvalue weighted by molar-refractivity contribution is 7.91. The molecule has 3 aromatic carbocycles. The molecule has 5 rings (SSSR count). The number of benzene rings is 3. The van der Waals surface area contributed by atoms with Crippen molar-refractivity contribution < 1.29 is 17.6 Å². The standard InChI is InChI=1S/C26H22FN3O3S/c27-20-9-11-21(12-10-20)34(32,33)25-17-30(24-8-4-2-6-22(24)25)18-26(31)28-14-16-29-15-13-19-5-1-3-7-23(19)29/h1-13,15,17H,14,16,18H2,(H,28,31). The number of sulfone groups is 1. The first-order chi connectivity index (χ1) is 16.4. The maximum absolute atomic E-state index is 13.3. The minimum atomic E-state index is -3.89. The van der Waals surface area contributed by atoms with Crippen LogP contribution in [0.5, 0.6) is 0 Å². The second-order valence-corrected chi connectivity index (χ2v) is 9.93. The number of nitrogens with zero attached hydrogens (tertiary/aromatic N) is 2. The zero-order valence-corrected chi connectivity index (χ0v) is 19.0. The first-order valence-corrected chi connectivity index (χ1v) is 12.3. The van der Waals surface area contributed by atoms with Crippen LogP contribution < -0.4 is 5.32 Å². The van der Waals surface area contributed by atoms with Crippen LogP contribution in [0, 0.1) is 5.82 Å². The summed E-state index contributed by atoms with van der Waals surface area (Å²) in [5.74, 6) is -0.728. The number of aromatic nitrogens is 2. The van der Waals surface area contributed by atoms with E-state index in [1.165, 1.54) is 18.3 Å². The zero-order chi connectivity index (χ0) is 23.7. The van der Waals surface area contributed by atoms with E-state index in [1.807, 2.05) is 36.5 Å². The maximum Gasteiger partial charge on any atom is 0.240 e. The van der Waals surface area contributed by atoms with Crippen molar-refractivity contribution in [1.82, 2.24) is 14.5 Å². The van der Waals surface area contributed by atoms with Gasteiger partial charge in [-0.05, 0) is 47.9 Å². The van der Waals surface area contributed by atoms with Gasteiger partial charge < -0.3 is 14.5 Å². The molecule has 0 saturated heterocycles. The molecule has 0 saturated carbocycles. The molecule has 0 radical (unpaired) electrons. The number of carbonyl (C=O) groups excluding carboxylic acids is 1. The second kappa shape index (κ2) is 8.79. The lowest BCUT2D eigenvalue weighted by molar-refractivity contribution is -0.121. The highest BCUT2D eigenvalue weighted by Crippen LogP contribution is 2.30. The van der Waals surface area contributed by atoms with E-state index < -0.39 is 15.7 Å². The first kappa shape index (κ1) is 21.9. The van der Waals surface area contributed by atoms with E-state index >= 15 is 0 Å². The Balaban J connectivity index is 1.35. The highest BCUT2D eigenvalue weighted by atomic mass is 32.2. The fourth-order valence-corrected chi connectivity index (χ4v) is 5.64. The van der Waals surface area contributed by atoms with Crippen molar-refractivity contribution >= 4 is 37.6 Å². The Morgan fingerprint density at radius 1 is 0.853 bits per heavy atom. The Kier molecular flexibility index (Phi) is 5.67. The van der Waals surface area contributed by atoms with Crippen LogP contribution in [0.4, 0.5) is 4.39 Å². The third kappa shape index (κ3) is 4.08. The number of amides is 1. The number of hydrogen-bond donors (Lipinski definition) is 1. The molecule has 0 aliphatic carbocycles. The number of carbonyl (C=O) groups is 1. The summed E-state index contributed by atoms with van der Waals surface area (Å²) in [7, 11) is -3.89. The Bertz CT molecular complexity index is 1600. The average Bonchev–Trinajstić information content (AvgIpc) is 3.42. The van der Waals surface area contributed by atoms with Crippen LogP contribution in [0.1, 0.15) is 0 Å². The van der Waals surface area contributed by atoms with Crippen molar-refractivity contribution in [2.45, 2.75) is 22.9 Å². The summed E-state index contributed by atoms with van der Waals surface area (Å²) >= 11 is 0. The normalized spacial score (nSPS) is 11.8. The van der Waals surface area contributed by atoms with E-state index in [1.54, 1.807) is 28.8 Å². The lowest BCUT2D eigenvalue weighted by Crippen LogP contribution is -2.30. The van der Waals surface area contributed by atoms with E-state index in [0.29, 0.717) is 24.0 Å². The van der Waals surface area contributed by atoms with Crippen LogP contribution >= 0.6 is 0 Å². The fraction of sp³-hybridized carbons (Fsp3) is 0.115. The minimum Gasteiger partial charge on any atom is -0.353 e. The molecule has 1 amide bonds. The molecule has 5 aromatic rings.